The fourth-order valence-corrected chi connectivity index (χ4v) is 3.22. The predicted octanol–water partition coefficient (Wildman–Crippen LogP) is 3.69. The van der Waals surface area contributed by atoms with Gasteiger partial charge in [0.2, 0.25) is 0 Å². The second-order valence-electron chi connectivity index (χ2n) is 5.11. The number of nitrogens with one attached hydrogen (secondary N) is 1. The maximum atomic E-state index is 3.66. The van der Waals surface area contributed by atoms with Crippen LogP contribution < -0.4 is 5.32 Å². The van der Waals surface area contributed by atoms with Crippen LogP contribution in [0.15, 0.2) is 0 Å². The van der Waals surface area contributed by atoms with Crippen molar-refractivity contribution in [2.24, 2.45) is 5.92 Å². The summed E-state index contributed by atoms with van der Waals surface area (Å²) in [7, 11) is 0. The zero-order chi connectivity index (χ0) is 10.9. The van der Waals surface area contributed by atoms with Crippen LogP contribution >= 0.6 is 11.8 Å². The van der Waals surface area contributed by atoms with Crippen molar-refractivity contribution in [3.8, 4) is 0 Å². The second-order valence-corrected chi connectivity index (χ2v) is 6.26. The summed E-state index contributed by atoms with van der Waals surface area (Å²) >= 11 is 2.09. The van der Waals surface area contributed by atoms with Crippen molar-refractivity contribution in [3.63, 3.8) is 0 Å². The molecule has 0 spiro atoms. The first-order chi connectivity index (χ1) is 7.29. The molecule has 15 heavy (non-hydrogen) atoms. The van der Waals surface area contributed by atoms with E-state index in [9.17, 15) is 0 Å². The molecular formula is C13H27NS. The third-order valence-corrected chi connectivity index (χ3v) is 4.23. The largest absolute Gasteiger partial charge is 0.313 e. The van der Waals surface area contributed by atoms with Crippen molar-refractivity contribution in [2.45, 2.75) is 58.4 Å². The molecule has 90 valence electrons. The van der Waals surface area contributed by atoms with Crippen molar-refractivity contribution < 1.29 is 0 Å². The van der Waals surface area contributed by atoms with Crippen molar-refractivity contribution in [3.05, 3.63) is 0 Å². The van der Waals surface area contributed by atoms with E-state index in [4.69, 9.17) is 0 Å². The second kappa shape index (κ2) is 8.46. The van der Waals surface area contributed by atoms with Crippen molar-refractivity contribution in [1.82, 2.24) is 5.32 Å². The summed E-state index contributed by atoms with van der Waals surface area (Å²) in [5.41, 5.74) is 0. The number of hydrogen-bond acceptors (Lipinski definition) is 2. The summed E-state index contributed by atoms with van der Waals surface area (Å²) in [6.45, 7) is 5.88. The lowest BCUT2D eigenvalue weighted by Gasteiger charge is -2.10. The minimum Gasteiger partial charge on any atom is -0.313 e. The van der Waals surface area contributed by atoms with Gasteiger partial charge in [-0.1, -0.05) is 39.5 Å². The Balaban J connectivity index is 1.76. The standard InChI is InChI=1S/C13H27NS/c1-12(2)7-5-3-4-6-9-14-13-8-10-15-11-13/h12-14H,3-11H2,1-2H3/t13-/m0/s1. The van der Waals surface area contributed by atoms with Gasteiger partial charge < -0.3 is 5.32 Å². The van der Waals surface area contributed by atoms with Crippen molar-refractivity contribution >= 4 is 11.8 Å². The van der Waals surface area contributed by atoms with Gasteiger partial charge in [0.15, 0.2) is 0 Å². The molecule has 0 aromatic heterocycles. The van der Waals surface area contributed by atoms with Crippen LogP contribution in [0.3, 0.4) is 0 Å². The van der Waals surface area contributed by atoms with E-state index in [-0.39, 0.29) is 0 Å². The van der Waals surface area contributed by atoms with Gasteiger partial charge in [-0.2, -0.15) is 11.8 Å². The first-order valence-corrected chi connectivity index (χ1v) is 7.75. The van der Waals surface area contributed by atoms with Gasteiger partial charge in [0.25, 0.3) is 0 Å². The van der Waals surface area contributed by atoms with Crippen LogP contribution in [0.5, 0.6) is 0 Å². The highest BCUT2D eigenvalue weighted by molar-refractivity contribution is 7.99. The molecule has 0 aromatic rings. The van der Waals surface area contributed by atoms with Crippen LogP contribution in [-0.4, -0.2) is 24.1 Å². The first-order valence-electron chi connectivity index (χ1n) is 6.60. The Bertz CT molecular complexity index is 141. The van der Waals surface area contributed by atoms with Crippen LogP contribution in [0, 0.1) is 5.92 Å². The van der Waals surface area contributed by atoms with Gasteiger partial charge in [-0.15, -0.1) is 0 Å². The zero-order valence-corrected chi connectivity index (χ0v) is 11.2. The van der Waals surface area contributed by atoms with Crippen molar-refractivity contribution in [1.29, 1.82) is 0 Å². The minimum atomic E-state index is 0.825. The van der Waals surface area contributed by atoms with E-state index in [1.165, 1.54) is 56.6 Å². The lowest BCUT2D eigenvalue weighted by Crippen LogP contribution is -2.29. The third kappa shape index (κ3) is 7.24. The number of rotatable bonds is 8. The first kappa shape index (κ1) is 13.4. The smallest absolute Gasteiger partial charge is 0.0166 e. The molecule has 0 radical (unpaired) electrons. The number of thioether (sulfide) groups is 1. The lowest BCUT2D eigenvalue weighted by molar-refractivity contribution is 0.495. The highest BCUT2D eigenvalue weighted by Gasteiger charge is 2.13. The van der Waals surface area contributed by atoms with Crippen LogP contribution in [-0.2, 0) is 0 Å². The topological polar surface area (TPSA) is 12.0 Å². The molecule has 0 amide bonds. The van der Waals surface area contributed by atoms with Crippen LogP contribution in [0.25, 0.3) is 0 Å². The molecular weight excluding hydrogens is 202 g/mol. The maximum absolute atomic E-state index is 3.66. The average molecular weight is 229 g/mol. The SMILES string of the molecule is CC(C)CCCCCCN[C@H]1CCSC1. The molecule has 1 fully saturated rings. The Morgan fingerprint density at radius 1 is 1.20 bits per heavy atom. The third-order valence-electron chi connectivity index (χ3n) is 3.07. The monoisotopic (exact) mass is 229 g/mol. The summed E-state index contributed by atoms with van der Waals surface area (Å²) in [5, 5.41) is 3.66. The molecule has 1 aliphatic rings. The molecule has 0 unspecified atom stereocenters. The average Bonchev–Trinajstić information content (AvgIpc) is 2.68. The molecule has 1 heterocycles. The molecule has 0 saturated carbocycles. The molecule has 1 nitrogen and oxygen atoms in total. The summed E-state index contributed by atoms with van der Waals surface area (Å²) in [6.07, 6.45) is 8.44. The maximum Gasteiger partial charge on any atom is 0.0166 e. The Kier molecular flexibility index (Phi) is 7.54. The summed E-state index contributed by atoms with van der Waals surface area (Å²) in [6, 6.07) is 0.825. The van der Waals surface area contributed by atoms with Crippen LogP contribution in [0.1, 0.15) is 52.4 Å². The van der Waals surface area contributed by atoms with E-state index < -0.39 is 0 Å². The van der Waals surface area contributed by atoms with E-state index in [2.05, 4.69) is 30.9 Å². The van der Waals surface area contributed by atoms with Gasteiger partial charge in [0, 0.05) is 11.8 Å². The Hall–Kier alpha value is 0.310. The Morgan fingerprint density at radius 2 is 2.00 bits per heavy atom. The van der Waals surface area contributed by atoms with E-state index in [0.29, 0.717) is 0 Å². The minimum absolute atomic E-state index is 0.825. The van der Waals surface area contributed by atoms with E-state index in [1.807, 2.05) is 0 Å². The van der Waals surface area contributed by atoms with E-state index in [0.717, 1.165) is 12.0 Å². The normalized spacial score (nSPS) is 21.4. The van der Waals surface area contributed by atoms with Gasteiger partial charge >= 0.3 is 0 Å². The Morgan fingerprint density at radius 3 is 2.67 bits per heavy atom. The fourth-order valence-electron chi connectivity index (χ4n) is 2.03. The van der Waals surface area contributed by atoms with Gasteiger partial charge in [-0.3, -0.25) is 0 Å². The van der Waals surface area contributed by atoms with Gasteiger partial charge in [-0.25, -0.2) is 0 Å². The number of hydrogen-bond donors (Lipinski definition) is 1. The fraction of sp³-hybridized carbons (Fsp3) is 1.00. The molecule has 0 aliphatic carbocycles. The van der Waals surface area contributed by atoms with Crippen LogP contribution in [0.2, 0.25) is 0 Å². The molecule has 1 rings (SSSR count). The molecule has 2 heteroatoms. The van der Waals surface area contributed by atoms with Crippen molar-refractivity contribution in [2.75, 3.05) is 18.1 Å². The molecule has 1 atom stereocenters. The number of unbranched alkanes of at least 4 members (excludes halogenated alkanes) is 3. The highest BCUT2D eigenvalue weighted by atomic mass is 32.2. The zero-order valence-electron chi connectivity index (χ0n) is 10.4. The molecule has 1 N–H and O–H groups in total. The van der Waals surface area contributed by atoms with E-state index in [1.54, 1.807) is 0 Å². The summed E-state index contributed by atoms with van der Waals surface area (Å²) in [4.78, 5) is 0. The lowest BCUT2D eigenvalue weighted by atomic mass is 10.0. The van der Waals surface area contributed by atoms with Gasteiger partial charge in [-0.05, 0) is 31.1 Å². The molecule has 0 aromatic carbocycles. The summed E-state index contributed by atoms with van der Waals surface area (Å²) in [5.74, 6) is 3.60. The van der Waals surface area contributed by atoms with E-state index >= 15 is 0 Å². The Labute approximate surface area is 99.8 Å². The van der Waals surface area contributed by atoms with Gasteiger partial charge in [0.1, 0.15) is 0 Å². The summed E-state index contributed by atoms with van der Waals surface area (Å²) < 4.78 is 0. The molecule has 0 bridgehead atoms. The molecule has 1 aliphatic heterocycles. The highest BCUT2D eigenvalue weighted by Crippen LogP contribution is 2.17. The molecule has 1 saturated heterocycles. The van der Waals surface area contributed by atoms with Crippen LogP contribution in [0.4, 0.5) is 0 Å². The predicted molar refractivity (Wildman–Crippen MR) is 71.7 cm³/mol. The van der Waals surface area contributed by atoms with Gasteiger partial charge in [0.05, 0.1) is 0 Å². The quantitative estimate of drug-likeness (QED) is 0.637.